The Morgan fingerprint density at radius 3 is 2.54 bits per heavy atom. The molecule has 0 aromatic heterocycles. The van der Waals surface area contributed by atoms with Crippen LogP contribution in [-0.4, -0.2) is 12.5 Å². The van der Waals surface area contributed by atoms with E-state index in [1.165, 1.54) is 12.1 Å². The normalized spacial score (nSPS) is 20.0. The number of rotatable bonds is 5. The van der Waals surface area contributed by atoms with Crippen LogP contribution in [0.15, 0.2) is 48.5 Å². The molecule has 2 aromatic carbocycles. The fourth-order valence-electron chi connectivity index (χ4n) is 2.76. The Labute approximate surface area is 145 Å². The third-order valence-corrected chi connectivity index (χ3v) is 4.22. The van der Waals surface area contributed by atoms with Gasteiger partial charge in [-0.1, -0.05) is 36.4 Å². The van der Waals surface area contributed by atoms with Crippen LogP contribution < -0.4 is 11.1 Å². The van der Waals surface area contributed by atoms with Gasteiger partial charge in [-0.05, 0) is 35.6 Å². The van der Waals surface area contributed by atoms with Crippen molar-refractivity contribution in [2.75, 3.05) is 6.54 Å². The molecule has 1 saturated carbocycles. The van der Waals surface area contributed by atoms with Gasteiger partial charge in [0.2, 0.25) is 5.91 Å². The predicted molar refractivity (Wildman–Crippen MR) is 90.8 cm³/mol. The summed E-state index contributed by atoms with van der Waals surface area (Å²) >= 11 is 0. The number of carbonyl (C=O) groups is 1. The summed E-state index contributed by atoms with van der Waals surface area (Å²) in [5.41, 5.74) is 7.66. The van der Waals surface area contributed by atoms with Crippen molar-refractivity contribution in [1.82, 2.24) is 5.32 Å². The van der Waals surface area contributed by atoms with Gasteiger partial charge in [0, 0.05) is 18.5 Å². The zero-order valence-corrected chi connectivity index (χ0v) is 13.7. The molecule has 3 rings (SSSR count). The first kappa shape index (κ1) is 18.4. The highest BCUT2D eigenvalue weighted by atomic mass is 35.5. The van der Waals surface area contributed by atoms with Crippen molar-refractivity contribution in [3.63, 3.8) is 0 Å². The van der Waals surface area contributed by atoms with Crippen molar-refractivity contribution in [2.45, 2.75) is 18.4 Å². The van der Waals surface area contributed by atoms with Crippen LogP contribution >= 0.6 is 12.4 Å². The van der Waals surface area contributed by atoms with Gasteiger partial charge in [0.25, 0.3) is 0 Å². The van der Waals surface area contributed by atoms with E-state index in [-0.39, 0.29) is 36.2 Å². The highest BCUT2D eigenvalue weighted by Gasteiger charge is 2.44. The lowest BCUT2D eigenvalue weighted by atomic mass is 10.1. The molecular weight excluding hydrogens is 334 g/mol. The molecule has 3 N–H and O–H groups in total. The van der Waals surface area contributed by atoms with Gasteiger partial charge in [0.1, 0.15) is 0 Å². The van der Waals surface area contributed by atoms with Crippen molar-refractivity contribution in [1.29, 1.82) is 0 Å². The average Bonchev–Trinajstić information content (AvgIpc) is 3.36. The maximum absolute atomic E-state index is 13.2. The molecule has 3 nitrogen and oxygen atoms in total. The monoisotopic (exact) mass is 352 g/mol. The molecule has 24 heavy (non-hydrogen) atoms. The molecule has 2 aromatic rings. The Kier molecular flexibility index (Phi) is 5.91. The van der Waals surface area contributed by atoms with E-state index in [0.717, 1.165) is 11.6 Å². The molecule has 3 unspecified atom stereocenters. The molecule has 1 fully saturated rings. The number of nitrogens with one attached hydrogen (secondary N) is 1. The number of benzene rings is 2. The van der Waals surface area contributed by atoms with Crippen LogP contribution in [0.5, 0.6) is 0 Å². The Hall–Kier alpha value is -1.98. The SMILES string of the molecule is Cl.NC(CNC(=O)C1CC1c1ccc(F)c(F)c1)c1ccccc1. The largest absolute Gasteiger partial charge is 0.354 e. The fraction of sp³-hybridized carbons (Fsp3) is 0.278. The molecule has 1 aliphatic rings. The summed E-state index contributed by atoms with van der Waals surface area (Å²) in [6.45, 7) is 0.351. The third-order valence-electron chi connectivity index (χ3n) is 4.22. The first-order valence-corrected chi connectivity index (χ1v) is 7.59. The van der Waals surface area contributed by atoms with E-state index in [0.29, 0.717) is 18.5 Å². The van der Waals surface area contributed by atoms with Crippen LogP contribution in [-0.2, 0) is 4.79 Å². The van der Waals surface area contributed by atoms with Crippen LogP contribution in [0.4, 0.5) is 8.78 Å². The minimum absolute atomic E-state index is 0. The van der Waals surface area contributed by atoms with Gasteiger partial charge in [-0.15, -0.1) is 12.4 Å². The second-order valence-electron chi connectivity index (χ2n) is 5.88. The van der Waals surface area contributed by atoms with E-state index in [2.05, 4.69) is 5.32 Å². The number of hydrogen-bond acceptors (Lipinski definition) is 2. The van der Waals surface area contributed by atoms with E-state index in [4.69, 9.17) is 5.73 Å². The van der Waals surface area contributed by atoms with E-state index >= 15 is 0 Å². The molecule has 128 valence electrons. The van der Waals surface area contributed by atoms with Crippen molar-refractivity contribution in [2.24, 2.45) is 11.7 Å². The summed E-state index contributed by atoms with van der Waals surface area (Å²) in [6, 6.07) is 13.1. The molecule has 1 aliphatic carbocycles. The summed E-state index contributed by atoms with van der Waals surface area (Å²) in [6.07, 6.45) is 0.650. The second-order valence-corrected chi connectivity index (χ2v) is 5.88. The van der Waals surface area contributed by atoms with Crippen LogP contribution in [0.3, 0.4) is 0 Å². The van der Waals surface area contributed by atoms with E-state index in [1.54, 1.807) is 0 Å². The van der Waals surface area contributed by atoms with Crippen molar-refractivity contribution >= 4 is 18.3 Å². The summed E-state index contributed by atoms with van der Waals surface area (Å²) in [5.74, 6) is -2.07. The van der Waals surface area contributed by atoms with Crippen LogP contribution in [0.2, 0.25) is 0 Å². The van der Waals surface area contributed by atoms with Crippen molar-refractivity contribution < 1.29 is 13.6 Å². The molecule has 0 bridgehead atoms. The highest BCUT2D eigenvalue weighted by Crippen LogP contribution is 2.47. The van der Waals surface area contributed by atoms with Gasteiger partial charge in [-0.25, -0.2) is 8.78 Å². The molecule has 3 atom stereocenters. The Morgan fingerprint density at radius 2 is 1.88 bits per heavy atom. The Balaban J connectivity index is 0.00000208. The molecule has 0 spiro atoms. The minimum Gasteiger partial charge on any atom is -0.354 e. The van der Waals surface area contributed by atoms with Gasteiger partial charge in [0.05, 0.1) is 0 Å². The maximum atomic E-state index is 13.2. The number of carbonyl (C=O) groups excluding carboxylic acids is 1. The van der Waals surface area contributed by atoms with Gasteiger partial charge in [-0.2, -0.15) is 0 Å². The fourth-order valence-corrected chi connectivity index (χ4v) is 2.76. The van der Waals surface area contributed by atoms with Gasteiger partial charge >= 0.3 is 0 Å². The second kappa shape index (κ2) is 7.73. The van der Waals surface area contributed by atoms with Crippen LogP contribution in [0.25, 0.3) is 0 Å². The standard InChI is InChI=1S/C18H18F2N2O.ClH/c19-15-7-6-12(8-16(15)20)13-9-14(13)18(23)22-10-17(21)11-4-2-1-3-5-11;/h1-8,13-14,17H,9-10,21H2,(H,22,23);1H. The van der Waals surface area contributed by atoms with Crippen molar-refractivity contribution in [3.8, 4) is 0 Å². The molecular formula is C18H19ClF2N2O. The number of amides is 1. The van der Waals surface area contributed by atoms with Crippen molar-refractivity contribution in [3.05, 3.63) is 71.3 Å². The molecule has 0 heterocycles. The lowest BCUT2D eigenvalue weighted by molar-refractivity contribution is -0.122. The number of hydrogen-bond donors (Lipinski definition) is 2. The summed E-state index contributed by atoms with van der Waals surface area (Å²) in [5, 5.41) is 2.84. The molecule has 6 heteroatoms. The van der Waals surface area contributed by atoms with E-state index in [9.17, 15) is 13.6 Å². The van der Waals surface area contributed by atoms with Crippen LogP contribution in [0, 0.1) is 17.6 Å². The lowest BCUT2D eigenvalue weighted by Crippen LogP contribution is -2.33. The first-order valence-electron chi connectivity index (χ1n) is 7.59. The van der Waals surface area contributed by atoms with Crippen LogP contribution in [0.1, 0.15) is 29.5 Å². The zero-order chi connectivity index (χ0) is 16.4. The summed E-state index contributed by atoms with van der Waals surface area (Å²) < 4.78 is 26.2. The minimum atomic E-state index is -0.875. The van der Waals surface area contributed by atoms with Gasteiger partial charge < -0.3 is 11.1 Å². The molecule has 0 aliphatic heterocycles. The number of halogens is 3. The predicted octanol–water partition coefficient (Wildman–Crippen LogP) is 3.31. The maximum Gasteiger partial charge on any atom is 0.223 e. The Morgan fingerprint density at radius 1 is 1.17 bits per heavy atom. The topological polar surface area (TPSA) is 55.1 Å². The average molecular weight is 353 g/mol. The lowest BCUT2D eigenvalue weighted by Gasteiger charge is -2.13. The Bertz CT molecular complexity index is 711. The third kappa shape index (κ3) is 4.10. The smallest absolute Gasteiger partial charge is 0.223 e. The molecule has 1 amide bonds. The van der Waals surface area contributed by atoms with Gasteiger partial charge in [-0.3, -0.25) is 4.79 Å². The summed E-state index contributed by atoms with van der Waals surface area (Å²) in [7, 11) is 0. The van der Waals surface area contributed by atoms with E-state index < -0.39 is 11.6 Å². The first-order chi connectivity index (χ1) is 11.1. The highest BCUT2D eigenvalue weighted by molar-refractivity contribution is 5.85. The molecule has 0 radical (unpaired) electrons. The quantitative estimate of drug-likeness (QED) is 0.867. The molecule has 0 saturated heterocycles. The number of nitrogens with two attached hydrogens (primary N) is 1. The zero-order valence-electron chi connectivity index (χ0n) is 12.9. The van der Waals surface area contributed by atoms with E-state index in [1.807, 2.05) is 30.3 Å². The van der Waals surface area contributed by atoms with Gasteiger partial charge in [0.15, 0.2) is 11.6 Å². The summed E-state index contributed by atoms with van der Waals surface area (Å²) in [4.78, 5) is 12.1.